The lowest BCUT2D eigenvalue weighted by Crippen LogP contribution is -2.48. The lowest BCUT2D eigenvalue weighted by molar-refractivity contribution is 0.0747. The lowest BCUT2D eigenvalue weighted by Gasteiger charge is -2.37. The van der Waals surface area contributed by atoms with Gasteiger partial charge in [-0.1, -0.05) is 11.6 Å². The van der Waals surface area contributed by atoms with Crippen LogP contribution in [0.4, 0.5) is 17.1 Å². The second-order valence-corrected chi connectivity index (χ2v) is 8.88. The number of benzene rings is 2. The number of hydrogen-bond donors (Lipinski definition) is 1. The highest BCUT2D eigenvalue weighted by atomic mass is 35.5. The number of hydrogen-bond acceptors (Lipinski definition) is 7. The van der Waals surface area contributed by atoms with Gasteiger partial charge < -0.3 is 25.1 Å². The van der Waals surface area contributed by atoms with Crippen molar-refractivity contribution in [3.8, 4) is 0 Å². The third-order valence-corrected chi connectivity index (χ3v) is 6.70. The fraction of sp³-hybridized carbons (Fsp3) is 0.333. The van der Waals surface area contributed by atoms with Crippen LogP contribution in [0.5, 0.6) is 0 Å². The Morgan fingerprint density at radius 3 is 2.39 bits per heavy atom. The first-order chi connectivity index (χ1) is 16.0. The van der Waals surface area contributed by atoms with Crippen LogP contribution in [0, 0.1) is 5.21 Å². The van der Waals surface area contributed by atoms with E-state index in [1.165, 1.54) is 6.07 Å². The third-order valence-electron chi connectivity index (χ3n) is 6.46. The van der Waals surface area contributed by atoms with Gasteiger partial charge in [-0.15, -0.1) is 0 Å². The smallest absolute Gasteiger partial charge is 0.254 e. The highest BCUT2D eigenvalue weighted by Gasteiger charge is 2.25. The Hall–Kier alpha value is -3.07. The monoisotopic (exact) mass is 466 g/mol. The highest BCUT2D eigenvalue weighted by Crippen LogP contribution is 2.33. The number of nitrogens with zero attached hydrogens (tertiary/aromatic N) is 5. The maximum Gasteiger partial charge on any atom is 0.254 e. The van der Waals surface area contributed by atoms with Gasteiger partial charge in [-0.25, -0.2) is 0 Å². The van der Waals surface area contributed by atoms with Crippen molar-refractivity contribution in [1.29, 1.82) is 0 Å². The van der Waals surface area contributed by atoms with Gasteiger partial charge in [0.25, 0.3) is 5.91 Å². The third kappa shape index (κ3) is 4.29. The van der Waals surface area contributed by atoms with Gasteiger partial charge in [0.2, 0.25) is 0 Å². The Labute approximate surface area is 197 Å². The Balaban J connectivity index is 1.31. The average molecular weight is 467 g/mol. The van der Waals surface area contributed by atoms with Crippen molar-refractivity contribution in [2.45, 2.75) is 12.8 Å². The summed E-state index contributed by atoms with van der Waals surface area (Å²) in [5, 5.41) is 23.0. The van der Waals surface area contributed by atoms with E-state index in [-0.39, 0.29) is 16.8 Å². The molecule has 0 spiro atoms. The molecule has 1 aromatic heterocycles. The molecule has 2 aromatic carbocycles. The van der Waals surface area contributed by atoms with Gasteiger partial charge in [0.15, 0.2) is 0 Å². The molecular formula is C24H25ClN5O3-. The molecule has 0 atom stereocenters. The number of anilines is 3. The van der Waals surface area contributed by atoms with Gasteiger partial charge in [-0.2, -0.15) is 0 Å². The molecule has 1 N–H and O–H groups in total. The summed E-state index contributed by atoms with van der Waals surface area (Å²) in [5.41, 5.74) is 3.10. The molecule has 33 heavy (non-hydrogen) atoms. The second kappa shape index (κ2) is 9.05. The molecule has 2 aliphatic heterocycles. The van der Waals surface area contributed by atoms with Crippen LogP contribution >= 0.6 is 11.6 Å². The zero-order valence-electron chi connectivity index (χ0n) is 18.2. The first-order valence-corrected chi connectivity index (χ1v) is 11.5. The van der Waals surface area contributed by atoms with Crippen LogP contribution in [-0.2, 0) is 0 Å². The van der Waals surface area contributed by atoms with Crippen molar-refractivity contribution < 1.29 is 10.0 Å². The summed E-state index contributed by atoms with van der Waals surface area (Å²) in [6.07, 6.45) is 3.88. The summed E-state index contributed by atoms with van der Waals surface area (Å²) in [5.74, 6) is -0.142. The Morgan fingerprint density at radius 1 is 0.939 bits per heavy atom. The molecule has 0 saturated carbocycles. The average Bonchev–Trinajstić information content (AvgIpc) is 3.37. The number of fused-ring (bicyclic) bond motifs is 1. The van der Waals surface area contributed by atoms with E-state index >= 15 is 0 Å². The van der Waals surface area contributed by atoms with Crippen molar-refractivity contribution in [1.82, 2.24) is 9.88 Å². The van der Waals surface area contributed by atoms with Crippen molar-refractivity contribution in [2.24, 2.45) is 0 Å². The fourth-order valence-corrected chi connectivity index (χ4v) is 4.92. The molecule has 3 heterocycles. The van der Waals surface area contributed by atoms with Crippen LogP contribution in [0.1, 0.15) is 23.2 Å². The maximum atomic E-state index is 13.2. The summed E-state index contributed by atoms with van der Waals surface area (Å²) in [7, 11) is 0. The number of carbonyl (C=O) groups is 1. The zero-order chi connectivity index (χ0) is 22.9. The minimum atomic E-state index is -0.142. The van der Waals surface area contributed by atoms with Crippen molar-refractivity contribution in [3.63, 3.8) is 0 Å². The molecule has 2 aliphatic rings. The van der Waals surface area contributed by atoms with Crippen LogP contribution in [0.25, 0.3) is 10.9 Å². The topological polar surface area (TPSA) is 86.2 Å². The molecule has 1 amide bonds. The van der Waals surface area contributed by atoms with Crippen molar-refractivity contribution in [2.75, 3.05) is 54.3 Å². The number of piperazine rings is 1. The van der Waals surface area contributed by atoms with E-state index in [1.807, 2.05) is 24.3 Å². The van der Waals surface area contributed by atoms with Gasteiger partial charge in [-0.05, 0) is 55.3 Å². The summed E-state index contributed by atoms with van der Waals surface area (Å²) in [4.78, 5) is 23.7. The minimum Gasteiger partial charge on any atom is -0.733 e. The van der Waals surface area contributed by atoms with E-state index in [2.05, 4.69) is 14.8 Å². The van der Waals surface area contributed by atoms with Crippen LogP contribution in [0.2, 0.25) is 5.02 Å². The first-order valence-electron chi connectivity index (χ1n) is 11.1. The Morgan fingerprint density at radius 2 is 1.67 bits per heavy atom. The van der Waals surface area contributed by atoms with Gasteiger partial charge in [-0.3, -0.25) is 15.0 Å². The maximum absolute atomic E-state index is 13.2. The summed E-state index contributed by atoms with van der Waals surface area (Å²) in [6.45, 7) is 4.15. The van der Waals surface area contributed by atoms with Crippen LogP contribution in [0.15, 0.2) is 48.7 Å². The standard InChI is InChI=1S/C24H25ClN5O3/c25-18-4-5-19-20(16-18)26-8-7-21(19)28-11-13-29(14-12-28)24(31)17-3-6-22(23(15-17)30(32)33)27-9-1-2-10-27/h3-8,15-16,32H,1-2,9-14H2/q-1. The quantitative estimate of drug-likeness (QED) is 0.578. The van der Waals surface area contributed by atoms with E-state index in [0.29, 0.717) is 42.5 Å². The van der Waals surface area contributed by atoms with E-state index in [9.17, 15) is 15.2 Å². The molecule has 0 unspecified atom stereocenters. The molecule has 9 heteroatoms. The zero-order valence-corrected chi connectivity index (χ0v) is 18.9. The Kier molecular flexibility index (Phi) is 5.97. The number of amides is 1. The number of rotatable bonds is 4. The predicted molar refractivity (Wildman–Crippen MR) is 130 cm³/mol. The number of pyridine rings is 1. The van der Waals surface area contributed by atoms with Crippen molar-refractivity contribution >= 4 is 45.5 Å². The summed E-state index contributed by atoms with van der Waals surface area (Å²) in [6, 6.07) is 12.7. The summed E-state index contributed by atoms with van der Waals surface area (Å²) >= 11 is 6.11. The number of aromatic nitrogens is 1. The molecule has 2 saturated heterocycles. The van der Waals surface area contributed by atoms with Gasteiger partial charge >= 0.3 is 0 Å². The van der Waals surface area contributed by atoms with E-state index in [0.717, 1.165) is 42.5 Å². The largest absolute Gasteiger partial charge is 0.733 e. The van der Waals surface area contributed by atoms with E-state index < -0.39 is 0 Å². The first kappa shape index (κ1) is 21.8. The molecule has 0 bridgehead atoms. The van der Waals surface area contributed by atoms with Crippen LogP contribution in [-0.4, -0.2) is 60.3 Å². The molecular weight excluding hydrogens is 442 g/mol. The van der Waals surface area contributed by atoms with Crippen LogP contribution < -0.4 is 15.0 Å². The van der Waals surface area contributed by atoms with E-state index in [4.69, 9.17) is 11.6 Å². The lowest BCUT2D eigenvalue weighted by atomic mass is 10.1. The van der Waals surface area contributed by atoms with Gasteiger partial charge in [0.05, 0.1) is 16.9 Å². The van der Waals surface area contributed by atoms with Crippen molar-refractivity contribution in [3.05, 3.63) is 64.5 Å². The minimum absolute atomic E-state index is 0.114. The molecule has 0 aliphatic carbocycles. The fourth-order valence-electron chi connectivity index (χ4n) is 4.75. The normalized spacial score (nSPS) is 16.5. The SMILES string of the molecule is O=C(c1ccc(N2CCCC2)c(N([O-])O)c1)N1CCN(c2ccnc3cc(Cl)ccc23)CC1. The van der Waals surface area contributed by atoms with E-state index in [1.54, 1.807) is 23.2 Å². The highest BCUT2D eigenvalue weighted by molar-refractivity contribution is 6.31. The molecule has 172 valence electrons. The number of carbonyl (C=O) groups excluding carboxylic acids is 1. The molecule has 0 radical (unpaired) electrons. The number of halogens is 1. The van der Waals surface area contributed by atoms with Gasteiger partial charge in [0.1, 0.15) is 0 Å². The molecule has 3 aromatic rings. The molecule has 5 rings (SSSR count). The van der Waals surface area contributed by atoms with Crippen LogP contribution in [0.3, 0.4) is 0 Å². The molecule has 8 nitrogen and oxygen atoms in total. The second-order valence-electron chi connectivity index (χ2n) is 8.44. The predicted octanol–water partition coefficient (Wildman–Crippen LogP) is 4.14. The Bertz CT molecular complexity index is 1170. The summed E-state index contributed by atoms with van der Waals surface area (Å²) < 4.78 is 0. The van der Waals surface area contributed by atoms with Gasteiger partial charge in [0, 0.05) is 67.1 Å². The molecule has 2 fully saturated rings.